The molecule has 2 unspecified atom stereocenters. The summed E-state index contributed by atoms with van der Waals surface area (Å²) in [4.78, 5) is 2.65. The molecule has 3 heteroatoms. The molecule has 0 saturated carbocycles. The van der Waals surface area contributed by atoms with Crippen molar-refractivity contribution in [1.29, 1.82) is 0 Å². The molecule has 1 rings (SSSR count). The first-order chi connectivity index (χ1) is 7.77. The molecule has 0 amide bonds. The van der Waals surface area contributed by atoms with Crippen molar-refractivity contribution in [3.8, 4) is 0 Å². The van der Waals surface area contributed by atoms with Crippen molar-refractivity contribution in [3.05, 3.63) is 0 Å². The lowest BCUT2D eigenvalue weighted by atomic mass is 9.99. The van der Waals surface area contributed by atoms with E-state index in [2.05, 4.69) is 42.7 Å². The SMILES string of the molecule is CCSCCN1CCCNC(C(C)CC)C1. The van der Waals surface area contributed by atoms with Crippen molar-refractivity contribution < 1.29 is 0 Å². The minimum absolute atomic E-state index is 0.708. The van der Waals surface area contributed by atoms with Crippen LogP contribution in [0.15, 0.2) is 0 Å². The summed E-state index contributed by atoms with van der Waals surface area (Å²) in [6.07, 6.45) is 2.60. The first kappa shape index (κ1) is 14.3. The Bertz CT molecular complexity index is 175. The summed E-state index contributed by atoms with van der Waals surface area (Å²) in [5, 5.41) is 3.70. The van der Waals surface area contributed by atoms with E-state index in [1.807, 2.05) is 0 Å². The van der Waals surface area contributed by atoms with Crippen LogP contribution in [0.2, 0.25) is 0 Å². The van der Waals surface area contributed by atoms with Gasteiger partial charge in [-0.3, -0.25) is 0 Å². The predicted molar refractivity (Wildman–Crippen MR) is 75.3 cm³/mol. The summed E-state index contributed by atoms with van der Waals surface area (Å²) < 4.78 is 0. The van der Waals surface area contributed by atoms with Gasteiger partial charge in [0.2, 0.25) is 0 Å². The minimum Gasteiger partial charge on any atom is -0.312 e. The molecule has 0 aliphatic carbocycles. The van der Waals surface area contributed by atoms with Crippen LogP contribution in [0.25, 0.3) is 0 Å². The molecule has 1 aliphatic rings. The number of thioether (sulfide) groups is 1. The Morgan fingerprint density at radius 1 is 1.44 bits per heavy atom. The first-order valence-electron chi connectivity index (χ1n) is 6.81. The first-order valence-corrected chi connectivity index (χ1v) is 7.96. The lowest BCUT2D eigenvalue weighted by Gasteiger charge is -2.27. The molecular formula is C13H28N2S. The fourth-order valence-electron chi connectivity index (χ4n) is 2.23. The normalized spacial score (nSPS) is 25.3. The summed E-state index contributed by atoms with van der Waals surface area (Å²) >= 11 is 2.06. The van der Waals surface area contributed by atoms with Crippen molar-refractivity contribution in [2.75, 3.05) is 37.7 Å². The van der Waals surface area contributed by atoms with E-state index < -0.39 is 0 Å². The van der Waals surface area contributed by atoms with Crippen LogP contribution >= 0.6 is 11.8 Å². The maximum atomic E-state index is 3.70. The van der Waals surface area contributed by atoms with Crippen molar-refractivity contribution >= 4 is 11.8 Å². The van der Waals surface area contributed by atoms with E-state index in [0.29, 0.717) is 6.04 Å². The smallest absolute Gasteiger partial charge is 0.0220 e. The number of nitrogens with one attached hydrogen (secondary N) is 1. The van der Waals surface area contributed by atoms with E-state index in [0.717, 1.165) is 5.92 Å². The third-order valence-corrected chi connectivity index (χ3v) is 4.48. The zero-order valence-electron chi connectivity index (χ0n) is 11.2. The molecule has 2 atom stereocenters. The molecule has 0 aromatic rings. The van der Waals surface area contributed by atoms with Crippen molar-refractivity contribution in [2.45, 2.75) is 39.7 Å². The summed E-state index contributed by atoms with van der Waals surface area (Å²) in [6.45, 7) is 11.9. The molecule has 0 aromatic carbocycles. The number of rotatable bonds is 6. The lowest BCUT2D eigenvalue weighted by Crippen LogP contribution is -2.42. The summed E-state index contributed by atoms with van der Waals surface area (Å²) in [5.74, 6) is 3.35. The second-order valence-electron chi connectivity index (χ2n) is 4.80. The molecule has 1 heterocycles. The van der Waals surface area contributed by atoms with Crippen LogP contribution < -0.4 is 5.32 Å². The van der Waals surface area contributed by atoms with Crippen LogP contribution in [0, 0.1) is 5.92 Å². The van der Waals surface area contributed by atoms with Crippen molar-refractivity contribution in [3.63, 3.8) is 0 Å². The van der Waals surface area contributed by atoms with Crippen LogP contribution in [-0.2, 0) is 0 Å². The van der Waals surface area contributed by atoms with Crippen LogP contribution in [0.5, 0.6) is 0 Å². The molecule has 0 bridgehead atoms. The van der Waals surface area contributed by atoms with E-state index in [4.69, 9.17) is 0 Å². The van der Waals surface area contributed by atoms with Gasteiger partial charge in [-0.25, -0.2) is 0 Å². The van der Waals surface area contributed by atoms with E-state index in [9.17, 15) is 0 Å². The summed E-state index contributed by atoms with van der Waals surface area (Å²) in [7, 11) is 0. The molecule has 1 fully saturated rings. The molecule has 2 nitrogen and oxygen atoms in total. The van der Waals surface area contributed by atoms with Crippen LogP contribution in [0.4, 0.5) is 0 Å². The minimum atomic E-state index is 0.708. The largest absolute Gasteiger partial charge is 0.312 e. The van der Waals surface area contributed by atoms with Gasteiger partial charge in [0.05, 0.1) is 0 Å². The number of nitrogens with zero attached hydrogens (tertiary/aromatic N) is 1. The van der Waals surface area contributed by atoms with E-state index in [1.165, 1.54) is 50.5 Å². The highest BCUT2D eigenvalue weighted by atomic mass is 32.2. The van der Waals surface area contributed by atoms with Crippen LogP contribution in [0.1, 0.15) is 33.6 Å². The van der Waals surface area contributed by atoms with Gasteiger partial charge in [-0.05, 0) is 31.2 Å². The molecule has 1 N–H and O–H groups in total. The van der Waals surface area contributed by atoms with Gasteiger partial charge in [0.1, 0.15) is 0 Å². The van der Waals surface area contributed by atoms with E-state index in [-0.39, 0.29) is 0 Å². The summed E-state index contributed by atoms with van der Waals surface area (Å²) in [6, 6.07) is 0.708. The average molecular weight is 244 g/mol. The maximum absolute atomic E-state index is 3.70. The highest BCUT2D eigenvalue weighted by Gasteiger charge is 2.21. The van der Waals surface area contributed by atoms with Crippen molar-refractivity contribution in [1.82, 2.24) is 10.2 Å². The maximum Gasteiger partial charge on any atom is 0.0220 e. The van der Waals surface area contributed by atoms with Crippen LogP contribution in [-0.4, -0.2) is 48.6 Å². The third kappa shape index (κ3) is 5.07. The average Bonchev–Trinajstić information content (AvgIpc) is 2.54. The molecular weight excluding hydrogens is 216 g/mol. The van der Waals surface area contributed by atoms with Gasteiger partial charge in [-0.1, -0.05) is 27.2 Å². The van der Waals surface area contributed by atoms with Gasteiger partial charge >= 0.3 is 0 Å². The Morgan fingerprint density at radius 3 is 2.94 bits per heavy atom. The summed E-state index contributed by atoms with van der Waals surface area (Å²) in [5.41, 5.74) is 0. The highest BCUT2D eigenvalue weighted by molar-refractivity contribution is 7.99. The zero-order valence-corrected chi connectivity index (χ0v) is 12.0. The Balaban J connectivity index is 2.33. The van der Waals surface area contributed by atoms with Gasteiger partial charge in [0, 0.05) is 24.9 Å². The zero-order chi connectivity index (χ0) is 11.8. The van der Waals surface area contributed by atoms with Gasteiger partial charge in [-0.2, -0.15) is 11.8 Å². The molecule has 1 saturated heterocycles. The lowest BCUT2D eigenvalue weighted by molar-refractivity contribution is 0.250. The Labute approximate surface area is 106 Å². The van der Waals surface area contributed by atoms with Gasteiger partial charge in [0.15, 0.2) is 0 Å². The standard InChI is InChI=1S/C13H28N2S/c1-4-12(3)13-11-15(8-6-7-14-13)9-10-16-5-2/h12-14H,4-11H2,1-3H3. The van der Waals surface area contributed by atoms with E-state index >= 15 is 0 Å². The molecule has 1 aliphatic heterocycles. The van der Waals surface area contributed by atoms with E-state index in [1.54, 1.807) is 0 Å². The Morgan fingerprint density at radius 2 is 2.25 bits per heavy atom. The Kier molecular flexibility index (Phi) is 7.50. The Hall–Kier alpha value is 0.270. The van der Waals surface area contributed by atoms with Crippen LogP contribution in [0.3, 0.4) is 0 Å². The molecule has 0 aromatic heterocycles. The topological polar surface area (TPSA) is 15.3 Å². The van der Waals surface area contributed by atoms with Gasteiger partial charge in [-0.15, -0.1) is 0 Å². The van der Waals surface area contributed by atoms with Gasteiger partial charge < -0.3 is 10.2 Å². The molecule has 0 radical (unpaired) electrons. The fraction of sp³-hybridized carbons (Fsp3) is 1.00. The third-order valence-electron chi connectivity index (χ3n) is 3.60. The second-order valence-corrected chi connectivity index (χ2v) is 6.19. The number of hydrogen-bond acceptors (Lipinski definition) is 3. The number of hydrogen-bond donors (Lipinski definition) is 1. The molecule has 16 heavy (non-hydrogen) atoms. The highest BCUT2D eigenvalue weighted by Crippen LogP contribution is 2.12. The quantitative estimate of drug-likeness (QED) is 0.723. The van der Waals surface area contributed by atoms with Gasteiger partial charge in [0.25, 0.3) is 0 Å². The second kappa shape index (κ2) is 8.37. The molecule has 96 valence electrons. The monoisotopic (exact) mass is 244 g/mol. The predicted octanol–water partition coefficient (Wildman–Crippen LogP) is 2.45. The fourth-order valence-corrected chi connectivity index (χ4v) is 2.91. The van der Waals surface area contributed by atoms with Crippen molar-refractivity contribution in [2.24, 2.45) is 5.92 Å². The molecule has 0 spiro atoms.